The van der Waals surface area contributed by atoms with Gasteiger partial charge in [0.25, 0.3) is 0 Å². The predicted octanol–water partition coefficient (Wildman–Crippen LogP) is 1.58. The van der Waals surface area contributed by atoms with Gasteiger partial charge in [-0.1, -0.05) is 5.57 Å². The van der Waals surface area contributed by atoms with Gasteiger partial charge in [0.15, 0.2) is 0 Å². The van der Waals surface area contributed by atoms with Gasteiger partial charge in [-0.15, -0.1) is 0 Å². The van der Waals surface area contributed by atoms with E-state index in [1.54, 1.807) is 6.26 Å². The van der Waals surface area contributed by atoms with Crippen LogP contribution in [0.2, 0.25) is 0 Å². The molecule has 1 aliphatic rings. The Balaban J connectivity index is 2.42. The lowest BCUT2D eigenvalue weighted by molar-refractivity contribution is 0.164. The fourth-order valence-electron chi connectivity index (χ4n) is 1.06. The average molecular weight is 153 g/mol. The molecule has 0 aromatic carbocycles. The van der Waals surface area contributed by atoms with Crippen molar-refractivity contribution in [2.75, 3.05) is 6.54 Å². The number of allylic oxidation sites excluding steroid dienone is 1. The van der Waals surface area contributed by atoms with Crippen LogP contribution in [0.15, 0.2) is 24.0 Å². The SMILES string of the molecule is C/C(=C\C1CCC=CO1)CN. The van der Waals surface area contributed by atoms with E-state index in [4.69, 9.17) is 10.5 Å². The van der Waals surface area contributed by atoms with Crippen LogP contribution in [0, 0.1) is 0 Å². The van der Waals surface area contributed by atoms with Gasteiger partial charge in [0.05, 0.1) is 6.26 Å². The molecule has 1 unspecified atom stereocenters. The summed E-state index contributed by atoms with van der Waals surface area (Å²) < 4.78 is 5.34. The number of nitrogens with two attached hydrogens (primary N) is 1. The van der Waals surface area contributed by atoms with E-state index in [1.807, 2.05) is 13.0 Å². The number of ether oxygens (including phenoxy) is 1. The number of hydrogen-bond donors (Lipinski definition) is 1. The molecule has 1 heterocycles. The summed E-state index contributed by atoms with van der Waals surface area (Å²) in [5, 5.41) is 0. The zero-order valence-corrected chi connectivity index (χ0v) is 6.92. The van der Waals surface area contributed by atoms with E-state index < -0.39 is 0 Å². The van der Waals surface area contributed by atoms with E-state index >= 15 is 0 Å². The molecule has 0 bridgehead atoms. The first-order valence-electron chi connectivity index (χ1n) is 4.01. The molecule has 11 heavy (non-hydrogen) atoms. The highest BCUT2D eigenvalue weighted by Gasteiger charge is 2.06. The Bertz CT molecular complexity index is 172. The normalized spacial score (nSPS) is 24.9. The van der Waals surface area contributed by atoms with Gasteiger partial charge in [0.1, 0.15) is 6.10 Å². The van der Waals surface area contributed by atoms with Gasteiger partial charge in [-0.2, -0.15) is 0 Å². The highest BCUT2D eigenvalue weighted by Crippen LogP contribution is 2.12. The van der Waals surface area contributed by atoms with Gasteiger partial charge in [-0.3, -0.25) is 0 Å². The van der Waals surface area contributed by atoms with Crippen molar-refractivity contribution in [3.05, 3.63) is 24.0 Å². The third-order valence-corrected chi connectivity index (χ3v) is 1.76. The zero-order valence-electron chi connectivity index (χ0n) is 6.92. The van der Waals surface area contributed by atoms with Crippen LogP contribution in [0.4, 0.5) is 0 Å². The van der Waals surface area contributed by atoms with Gasteiger partial charge in [-0.25, -0.2) is 0 Å². The maximum Gasteiger partial charge on any atom is 0.116 e. The zero-order chi connectivity index (χ0) is 8.10. The summed E-state index contributed by atoms with van der Waals surface area (Å²) >= 11 is 0. The van der Waals surface area contributed by atoms with Crippen molar-refractivity contribution in [3.63, 3.8) is 0 Å². The molecular weight excluding hydrogens is 138 g/mol. The molecular formula is C9H15NO. The van der Waals surface area contributed by atoms with Crippen LogP contribution in [0.3, 0.4) is 0 Å². The smallest absolute Gasteiger partial charge is 0.116 e. The molecule has 2 nitrogen and oxygen atoms in total. The highest BCUT2D eigenvalue weighted by atomic mass is 16.5. The van der Waals surface area contributed by atoms with Crippen molar-refractivity contribution in [2.45, 2.75) is 25.9 Å². The summed E-state index contributed by atoms with van der Waals surface area (Å²) in [6.45, 7) is 2.66. The Hall–Kier alpha value is -0.760. The Morgan fingerprint density at radius 2 is 2.64 bits per heavy atom. The number of hydrogen-bond acceptors (Lipinski definition) is 2. The lowest BCUT2D eigenvalue weighted by atomic mass is 10.1. The van der Waals surface area contributed by atoms with Crippen LogP contribution in [0.25, 0.3) is 0 Å². The minimum atomic E-state index is 0.253. The van der Waals surface area contributed by atoms with Crippen LogP contribution >= 0.6 is 0 Å². The Kier molecular flexibility index (Phi) is 3.17. The van der Waals surface area contributed by atoms with Gasteiger partial charge in [-0.05, 0) is 31.9 Å². The Labute approximate surface area is 67.7 Å². The standard InChI is InChI=1S/C9H15NO/c1-8(7-10)6-9-4-2-3-5-11-9/h3,5-6,9H,2,4,7,10H2,1H3/b8-6+. The first kappa shape index (κ1) is 8.34. The van der Waals surface area contributed by atoms with Crippen molar-refractivity contribution in [1.29, 1.82) is 0 Å². The summed E-state index contributed by atoms with van der Waals surface area (Å²) in [6.07, 6.45) is 8.36. The molecule has 0 aliphatic carbocycles. The molecule has 0 spiro atoms. The molecule has 0 saturated heterocycles. The van der Waals surface area contributed by atoms with Crippen LogP contribution in [0.5, 0.6) is 0 Å². The largest absolute Gasteiger partial charge is 0.494 e. The summed E-state index contributed by atoms with van der Waals surface area (Å²) in [4.78, 5) is 0. The minimum Gasteiger partial charge on any atom is -0.494 e. The Morgan fingerprint density at radius 1 is 1.82 bits per heavy atom. The maximum atomic E-state index is 5.45. The fraction of sp³-hybridized carbons (Fsp3) is 0.556. The molecule has 2 heteroatoms. The summed E-state index contributed by atoms with van der Waals surface area (Å²) in [5.41, 5.74) is 6.65. The number of rotatable bonds is 2. The molecule has 0 radical (unpaired) electrons. The molecule has 1 atom stereocenters. The second kappa shape index (κ2) is 4.19. The van der Waals surface area contributed by atoms with Crippen molar-refractivity contribution >= 4 is 0 Å². The second-order valence-electron chi connectivity index (χ2n) is 2.84. The second-order valence-corrected chi connectivity index (χ2v) is 2.84. The van der Waals surface area contributed by atoms with E-state index in [9.17, 15) is 0 Å². The van der Waals surface area contributed by atoms with Crippen molar-refractivity contribution in [3.8, 4) is 0 Å². The maximum absolute atomic E-state index is 5.45. The quantitative estimate of drug-likeness (QED) is 0.611. The lowest BCUT2D eigenvalue weighted by Crippen LogP contribution is -2.11. The monoisotopic (exact) mass is 153 g/mol. The molecule has 0 saturated carbocycles. The van der Waals surface area contributed by atoms with Crippen LogP contribution in [0.1, 0.15) is 19.8 Å². The van der Waals surface area contributed by atoms with Gasteiger partial charge < -0.3 is 10.5 Å². The first-order valence-corrected chi connectivity index (χ1v) is 4.01. The molecule has 0 aromatic rings. The predicted molar refractivity (Wildman–Crippen MR) is 46.1 cm³/mol. The molecule has 0 fully saturated rings. The fourth-order valence-corrected chi connectivity index (χ4v) is 1.06. The van der Waals surface area contributed by atoms with Crippen molar-refractivity contribution in [2.24, 2.45) is 5.73 Å². The molecule has 0 amide bonds. The van der Waals surface area contributed by atoms with Gasteiger partial charge >= 0.3 is 0 Å². The van der Waals surface area contributed by atoms with Gasteiger partial charge in [0, 0.05) is 6.54 Å². The van der Waals surface area contributed by atoms with Crippen LogP contribution in [-0.2, 0) is 4.74 Å². The van der Waals surface area contributed by atoms with Crippen LogP contribution < -0.4 is 5.73 Å². The summed E-state index contributed by atoms with van der Waals surface area (Å²) in [5.74, 6) is 0. The average Bonchev–Trinajstić information content (AvgIpc) is 2.06. The topological polar surface area (TPSA) is 35.2 Å². The Morgan fingerprint density at radius 3 is 3.18 bits per heavy atom. The van der Waals surface area contributed by atoms with E-state index in [-0.39, 0.29) is 6.10 Å². The van der Waals surface area contributed by atoms with Crippen molar-refractivity contribution in [1.82, 2.24) is 0 Å². The summed E-state index contributed by atoms with van der Waals surface area (Å²) in [7, 11) is 0. The summed E-state index contributed by atoms with van der Waals surface area (Å²) in [6, 6.07) is 0. The molecule has 1 aliphatic heterocycles. The van der Waals surface area contributed by atoms with Crippen LogP contribution in [-0.4, -0.2) is 12.6 Å². The van der Waals surface area contributed by atoms with E-state index in [0.717, 1.165) is 12.8 Å². The van der Waals surface area contributed by atoms with E-state index in [1.165, 1.54) is 5.57 Å². The molecule has 1 rings (SSSR count). The highest BCUT2D eigenvalue weighted by molar-refractivity contribution is 5.05. The van der Waals surface area contributed by atoms with Gasteiger partial charge in [0.2, 0.25) is 0 Å². The lowest BCUT2D eigenvalue weighted by Gasteiger charge is -2.16. The third kappa shape index (κ3) is 2.76. The molecule has 62 valence electrons. The van der Waals surface area contributed by atoms with Crippen molar-refractivity contribution < 1.29 is 4.74 Å². The minimum absolute atomic E-state index is 0.253. The van der Waals surface area contributed by atoms with E-state index in [2.05, 4.69) is 6.08 Å². The first-order chi connectivity index (χ1) is 5.33. The molecule has 2 N–H and O–H groups in total. The van der Waals surface area contributed by atoms with E-state index in [0.29, 0.717) is 6.54 Å². The molecule has 0 aromatic heterocycles. The third-order valence-electron chi connectivity index (χ3n) is 1.76.